The van der Waals surface area contributed by atoms with Gasteiger partial charge in [-0.15, -0.1) is 0 Å². The third kappa shape index (κ3) is 2.73. The number of nitro groups is 1. The third-order valence-electron chi connectivity index (χ3n) is 2.93. The van der Waals surface area contributed by atoms with Gasteiger partial charge >= 0.3 is 11.9 Å². The maximum absolute atomic E-state index is 12.5. The van der Waals surface area contributed by atoms with Gasteiger partial charge in [0.25, 0.3) is 17.5 Å². The monoisotopic (exact) mass is 326 g/mol. The summed E-state index contributed by atoms with van der Waals surface area (Å²) in [6.45, 7) is 0. The Morgan fingerprint density at radius 2 is 1.96 bits per heavy atom. The molecule has 1 aromatic carbocycles. The molecule has 0 spiro atoms. The van der Waals surface area contributed by atoms with Crippen LogP contribution in [0.4, 0.5) is 5.69 Å². The van der Waals surface area contributed by atoms with Crippen LogP contribution in [0, 0.1) is 10.1 Å². The maximum atomic E-state index is 12.5. The van der Waals surface area contributed by atoms with E-state index in [4.69, 9.17) is 10.6 Å². The van der Waals surface area contributed by atoms with Gasteiger partial charge in [0.05, 0.1) is 10.5 Å². The molecule has 0 aliphatic carbocycles. The molecule has 0 aromatic heterocycles. The lowest BCUT2D eigenvalue weighted by Gasteiger charge is -2.21. The summed E-state index contributed by atoms with van der Waals surface area (Å²) < 4.78 is 30.1. The Hall–Kier alpha value is -3.30. The van der Waals surface area contributed by atoms with Crippen molar-refractivity contribution in [2.24, 2.45) is 0 Å². The van der Waals surface area contributed by atoms with Crippen LogP contribution >= 0.6 is 0 Å². The first-order valence-electron chi connectivity index (χ1n) is 7.88. The molecule has 0 saturated heterocycles. The molecule has 2 amide bonds. The van der Waals surface area contributed by atoms with Gasteiger partial charge < -0.3 is 10.2 Å². The largest absolute Gasteiger partial charge is 0.481 e. The van der Waals surface area contributed by atoms with Gasteiger partial charge in [0.1, 0.15) is 11.6 Å². The number of nitro benzene ring substituents is 1. The minimum absolute atomic E-state index is 0.208. The minimum atomic E-state index is -3.81. The highest BCUT2D eigenvalue weighted by atomic mass is 16.6. The van der Waals surface area contributed by atoms with Gasteiger partial charge in [-0.2, -0.15) is 0 Å². The average Bonchev–Trinajstić information content (AvgIpc) is 2.79. The Kier molecular flexibility index (Phi) is 2.86. The molecule has 0 saturated carbocycles. The van der Waals surface area contributed by atoms with Crippen LogP contribution in [0.25, 0.3) is 0 Å². The molecule has 0 radical (unpaired) electrons. The van der Waals surface area contributed by atoms with E-state index in [2.05, 4.69) is 0 Å². The molecular formula is C13H10N2O8. The molecule has 0 bridgehead atoms. The minimum Gasteiger partial charge on any atom is -0.481 e. The number of hydrogen-bond acceptors (Lipinski definition) is 6. The summed E-state index contributed by atoms with van der Waals surface area (Å²) in [5.74, 6) is -7.53. The lowest BCUT2D eigenvalue weighted by atomic mass is 10.1. The van der Waals surface area contributed by atoms with E-state index >= 15 is 0 Å². The van der Waals surface area contributed by atoms with Crippen LogP contribution < -0.4 is 0 Å². The zero-order valence-electron chi connectivity index (χ0n) is 15.0. The first kappa shape index (κ1) is 11.3. The fourth-order valence-electron chi connectivity index (χ4n) is 2.04. The van der Waals surface area contributed by atoms with E-state index in [1.165, 1.54) is 0 Å². The quantitative estimate of drug-likeness (QED) is 0.435. The van der Waals surface area contributed by atoms with Crippen molar-refractivity contribution in [2.45, 2.75) is 18.8 Å². The number of nitrogens with zero attached hydrogens (tertiary/aromatic N) is 2. The Morgan fingerprint density at radius 1 is 1.30 bits per heavy atom. The molecule has 1 aromatic rings. The predicted octanol–water partition coefficient (Wildman–Crippen LogP) is 0.509. The van der Waals surface area contributed by atoms with Gasteiger partial charge in [0.2, 0.25) is 0 Å². The van der Waals surface area contributed by atoms with Gasteiger partial charge in [0.15, 0.2) is 0 Å². The Morgan fingerprint density at radius 3 is 2.48 bits per heavy atom. The molecular weight excluding hydrogens is 312 g/mol. The SMILES string of the molecule is [2H]C([2H])(C(=O)O)C([2H])([2H])C(C(=O)O)N1C(=O)c2cccc([N+](=O)[O-])c2C1=O. The number of rotatable bonds is 6. The molecule has 23 heavy (non-hydrogen) atoms. The van der Waals surface area contributed by atoms with Crippen LogP contribution in [0.2, 0.25) is 0 Å². The Bertz CT molecular complexity index is 900. The summed E-state index contributed by atoms with van der Waals surface area (Å²) in [5, 5.41) is 29.3. The molecule has 1 aliphatic heterocycles. The topological polar surface area (TPSA) is 155 Å². The fourth-order valence-corrected chi connectivity index (χ4v) is 2.04. The third-order valence-corrected chi connectivity index (χ3v) is 2.93. The number of amides is 2. The van der Waals surface area contributed by atoms with Crippen LogP contribution in [-0.4, -0.2) is 49.8 Å². The van der Waals surface area contributed by atoms with Crippen LogP contribution in [0.5, 0.6) is 0 Å². The van der Waals surface area contributed by atoms with Crippen molar-refractivity contribution in [1.82, 2.24) is 4.90 Å². The summed E-state index contributed by atoms with van der Waals surface area (Å²) in [6, 6.07) is -0.000182. The van der Waals surface area contributed by atoms with Crippen molar-refractivity contribution in [2.75, 3.05) is 0 Å². The molecule has 10 nitrogen and oxygen atoms in total. The van der Waals surface area contributed by atoms with E-state index in [0.717, 1.165) is 18.2 Å². The number of carboxylic acid groups (broad SMARTS) is 2. The highest BCUT2D eigenvalue weighted by Crippen LogP contribution is 2.32. The summed E-state index contributed by atoms with van der Waals surface area (Å²) in [7, 11) is 0. The van der Waals surface area contributed by atoms with Gasteiger partial charge in [-0.3, -0.25) is 29.4 Å². The highest BCUT2D eigenvalue weighted by molar-refractivity contribution is 6.24. The zero-order chi connectivity index (χ0) is 20.9. The number of carbonyl (C=O) groups excluding carboxylic acids is 2. The van der Waals surface area contributed by atoms with Gasteiger partial charge in [0, 0.05) is 17.9 Å². The van der Waals surface area contributed by atoms with Crippen molar-refractivity contribution < 1.29 is 39.8 Å². The number of aliphatic carboxylic acids is 2. The summed E-state index contributed by atoms with van der Waals surface area (Å²) in [6.07, 6.45) is -7.58. The average molecular weight is 326 g/mol. The number of carbonyl (C=O) groups is 4. The second kappa shape index (κ2) is 5.83. The zero-order valence-corrected chi connectivity index (χ0v) is 11.0. The molecule has 2 N–H and O–H groups in total. The van der Waals surface area contributed by atoms with E-state index in [1.807, 2.05) is 0 Å². The van der Waals surface area contributed by atoms with Crippen LogP contribution in [-0.2, 0) is 9.59 Å². The predicted molar refractivity (Wildman–Crippen MR) is 71.9 cm³/mol. The number of carboxylic acids is 2. The van der Waals surface area contributed by atoms with E-state index in [-0.39, 0.29) is 4.90 Å². The molecule has 120 valence electrons. The number of benzene rings is 1. The van der Waals surface area contributed by atoms with E-state index in [1.54, 1.807) is 0 Å². The second-order valence-corrected chi connectivity index (χ2v) is 4.25. The summed E-state index contributed by atoms with van der Waals surface area (Å²) >= 11 is 0. The van der Waals surface area contributed by atoms with Gasteiger partial charge in [-0.1, -0.05) is 6.07 Å². The normalized spacial score (nSPS) is 18.3. The molecule has 1 aliphatic rings. The number of hydrogen-bond donors (Lipinski definition) is 2. The van der Waals surface area contributed by atoms with Gasteiger partial charge in [-0.25, -0.2) is 4.79 Å². The Labute approximate surface area is 133 Å². The molecule has 1 atom stereocenters. The van der Waals surface area contributed by atoms with Crippen LogP contribution in [0.3, 0.4) is 0 Å². The van der Waals surface area contributed by atoms with E-state index < -0.39 is 64.3 Å². The molecule has 10 heteroatoms. The summed E-state index contributed by atoms with van der Waals surface area (Å²) in [5.41, 5.74) is -2.20. The van der Waals surface area contributed by atoms with Crippen molar-refractivity contribution >= 4 is 29.4 Å². The van der Waals surface area contributed by atoms with Crippen molar-refractivity contribution in [3.8, 4) is 0 Å². The van der Waals surface area contributed by atoms with Crippen LogP contribution in [0.1, 0.15) is 38.9 Å². The first-order chi connectivity index (χ1) is 12.3. The smallest absolute Gasteiger partial charge is 0.326 e. The number of imide groups is 1. The standard InChI is InChI=1S/C13H10N2O8/c16-9(17)5-4-8(13(20)21)14-11(18)6-2-1-3-7(15(22)23)10(6)12(14)19/h1-3,8H,4-5H2,(H,16,17)(H,20,21)/i4D2,5D2. The number of fused-ring (bicyclic) bond motifs is 1. The maximum Gasteiger partial charge on any atom is 0.326 e. The molecule has 1 unspecified atom stereocenters. The van der Waals surface area contributed by atoms with Crippen LogP contribution in [0.15, 0.2) is 18.2 Å². The second-order valence-electron chi connectivity index (χ2n) is 4.25. The van der Waals surface area contributed by atoms with Crippen molar-refractivity contribution in [3.05, 3.63) is 39.4 Å². The fraction of sp³-hybridized carbons (Fsp3) is 0.231. The van der Waals surface area contributed by atoms with E-state index in [9.17, 15) is 34.4 Å². The summed E-state index contributed by atoms with van der Waals surface area (Å²) in [4.78, 5) is 57.5. The van der Waals surface area contributed by atoms with E-state index in [0.29, 0.717) is 0 Å². The first-order valence-corrected chi connectivity index (χ1v) is 5.88. The lowest BCUT2D eigenvalue weighted by Crippen LogP contribution is -2.45. The van der Waals surface area contributed by atoms with Gasteiger partial charge in [-0.05, 0) is 12.4 Å². The highest BCUT2D eigenvalue weighted by Gasteiger charge is 2.46. The molecule has 1 heterocycles. The molecule has 0 fully saturated rings. The molecule has 2 rings (SSSR count). The Balaban J connectivity index is 2.68. The van der Waals surface area contributed by atoms with Crippen molar-refractivity contribution in [1.29, 1.82) is 0 Å². The van der Waals surface area contributed by atoms with Crippen molar-refractivity contribution in [3.63, 3.8) is 0 Å². The lowest BCUT2D eigenvalue weighted by molar-refractivity contribution is -0.385.